The summed E-state index contributed by atoms with van der Waals surface area (Å²) in [5.41, 5.74) is 0.113. The Balaban J connectivity index is 1.98. The molecule has 1 fully saturated rings. The van der Waals surface area contributed by atoms with Crippen LogP contribution in [-0.2, 0) is 19.0 Å². The Morgan fingerprint density at radius 3 is 2.73 bits per heavy atom. The van der Waals surface area contributed by atoms with E-state index in [1.54, 1.807) is 7.11 Å². The summed E-state index contributed by atoms with van der Waals surface area (Å²) in [6.07, 6.45) is 0. The number of hydrogen-bond acceptors (Lipinski definition) is 4. The second-order valence-electron chi connectivity index (χ2n) is 4.13. The van der Waals surface area contributed by atoms with Gasteiger partial charge < -0.3 is 19.5 Å². The zero-order valence-corrected chi connectivity index (χ0v) is 9.38. The molecule has 15 heavy (non-hydrogen) atoms. The van der Waals surface area contributed by atoms with E-state index in [9.17, 15) is 4.79 Å². The largest absolute Gasteiger partial charge is 0.382 e. The normalized spacial score (nSPS) is 18.3. The summed E-state index contributed by atoms with van der Waals surface area (Å²) in [6.45, 7) is 5.24. The molecule has 88 valence electrons. The van der Waals surface area contributed by atoms with Crippen molar-refractivity contribution >= 4 is 5.91 Å². The molecule has 0 saturated carbocycles. The molecule has 0 unspecified atom stereocenters. The number of methoxy groups -OCH3 is 1. The maximum absolute atomic E-state index is 11.3. The molecule has 0 aromatic rings. The predicted molar refractivity (Wildman–Crippen MR) is 54.6 cm³/mol. The van der Waals surface area contributed by atoms with Gasteiger partial charge in [-0.25, -0.2) is 0 Å². The number of nitrogens with one attached hydrogen (secondary N) is 1. The minimum Gasteiger partial charge on any atom is -0.382 e. The van der Waals surface area contributed by atoms with E-state index < -0.39 is 0 Å². The number of carbonyl (C=O) groups is 1. The Bertz CT molecular complexity index is 204. The van der Waals surface area contributed by atoms with E-state index >= 15 is 0 Å². The number of ether oxygens (including phenoxy) is 3. The van der Waals surface area contributed by atoms with Crippen molar-refractivity contribution in [3.63, 3.8) is 0 Å². The lowest BCUT2D eigenvalue weighted by atomic mass is 9.89. The molecule has 0 aromatic heterocycles. The molecular formula is C10H19NO4. The van der Waals surface area contributed by atoms with Gasteiger partial charge in [0, 0.05) is 19.1 Å². The number of carbonyl (C=O) groups excluding carboxylic acids is 1. The molecule has 0 aliphatic carbocycles. The third kappa shape index (κ3) is 4.59. The lowest BCUT2D eigenvalue weighted by Crippen LogP contribution is -2.49. The molecule has 1 N–H and O–H groups in total. The zero-order valence-electron chi connectivity index (χ0n) is 9.38. The van der Waals surface area contributed by atoms with Crippen LogP contribution >= 0.6 is 0 Å². The van der Waals surface area contributed by atoms with Crippen LogP contribution in [0.25, 0.3) is 0 Å². The summed E-state index contributed by atoms with van der Waals surface area (Å²) >= 11 is 0. The van der Waals surface area contributed by atoms with Crippen molar-refractivity contribution in [2.24, 2.45) is 5.41 Å². The van der Waals surface area contributed by atoms with Gasteiger partial charge in [-0.2, -0.15) is 0 Å². The smallest absolute Gasteiger partial charge is 0.246 e. The molecule has 1 saturated heterocycles. The lowest BCUT2D eigenvalue weighted by Gasteiger charge is -2.37. The Morgan fingerprint density at radius 1 is 1.47 bits per heavy atom. The quantitative estimate of drug-likeness (QED) is 0.600. The summed E-state index contributed by atoms with van der Waals surface area (Å²) in [4.78, 5) is 11.3. The average molecular weight is 217 g/mol. The first kappa shape index (κ1) is 12.4. The van der Waals surface area contributed by atoms with Gasteiger partial charge in [0.1, 0.15) is 6.61 Å². The van der Waals surface area contributed by atoms with Gasteiger partial charge in [-0.1, -0.05) is 6.92 Å². The monoisotopic (exact) mass is 217 g/mol. The minimum atomic E-state index is -0.0840. The average Bonchev–Trinajstić information content (AvgIpc) is 2.19. The molecule has 0 spiro atoms. The number of amides is 1. The van der Waals surface area contributed by atoms with Crippen LogP contribution in [-0.4, -0.2) is 52.6 Å². The molecule has 0 bridgehead atoms. The SMILES string of the molecule is COCCOCC(=O)NCC1(C)COC1. The molecular weight excluding hydrogens is 198 g/mol. The summed E-state index contributed by atoms with van der Waals surface area (Å²) in [5, 5.41) is 2.82. The van der Waals surface area contributed by atoms with E-state index in [4.69, 9.17) is 14.2 Å². The van der Waals surface area contributed by atoms with Crippen LogP contribution in [0.5, 0.6) is 0 Å². The lowest BCUT2D eigenvalue weighted by molar-refractivity contribution is -0.131. The van der Waals surface area contributed by atoms with Crippen LogP contribution in [0.3, 0.4) is 0 Å². The van der Waals surface area contributed by atoms with E-state index in [0.29, 0.717) is 19.8 Å². The fraction of sp³-hybridized carbons (Fsp3) is 0.900. The van der Waals surface area contributed by atoms with Crippen molar-refractivity contribution in [2.45, 2.75) is 6.92 Å². The molecule has 1 aliphatic rings. The van der Waals surface area contributed by atoms with Gasteiger partial charge in [0.15, 0.2) is 0 Å². The predicted octanol–water partition coefficient (Wildman–Crippen LogP) is -0.198. The van der Waals surface area contributed by atoms with E-state index in [1.807, 2.05) is 0 Å². The van der Waals surface area contributed by atoms with Gasteiger partial charge in [0.05, 0.1) is 26.4 Å². The first-order valence-electron chi connectivity index (χ1n) is 5.07. The first-order chi connectivity index (χ1) is 7.16. The van der Waals surface area contributed by atoms with Gasteiger partial charge in [0.25, 0.3) is 0 Å². The maximum atomic E-state index is 11.3. The second-order valence-corrected chi connectivity index (χ2v) is 4.13. The number of hydrogen-bond donors (Lipinski definition) is 1. The van der Waals surface area contributed by atoms with Crippen molar-refractivity contribution in [2.75, 3.05) is 46.7 Å². The van der Waals surface area contributed by atoms with Gasteiger partial charge in [-0.3, -0.25) is 4.79 Å². The van der Waals surface area contributed by atoms with Crippen molar-refractivity contribution in [1.82, 2.24) is 5.32 Å². The highest BCUT2D eigenvalue weighted by atomic mass is 16.5. The summed E-state index contributed by atoms with van der Waals surface area (Å²) < 4.78 is 15.0. The highest BCUT2D eigenvalue weighted by molar-refractivity contribution is 5.77. The first-order valence-corrected chi connectivity index (χ1v) is 5.07. The Hall–Kier alpha value is -0.650. The van der Waals surface area contributed by atoms with Crippen molar-refractivity contribution in [1.29, 1.82) is 0 Å². The van der Waals surface area contributed by atoms with Gasteiger partial charge >= 0.3 is 0 Å². The molecule has 1 rings (SSSR count). The third-order valence-electron chi connectivity index (χ3n) is 2.28. The van der Waals surface area contributed by atoms with E-state index in [1.165, 1.54) is 0 Å². The fourth-order valence-corrected chi connectivity index (χ4v) is 1.22. The molecule has 1 heterocycles. The summed E-state index contributed by atoms with van der Waals surface area (Å²) in [6, 6.07) is 0. The standard InChI is InChI=1S/C10H19NO4/c1-10(7-15-8-10)6-11-9(12)5-14-4-3-13-2/h3-8H2,1-2H3,(H,11,12). The van der Waals surface area contributed by atoms with Crippen LogP contribution in [0.2, 0.25) is 0 Å². The Kier molecular flexibility index (Phi) is 5.01. The molecule has 5 nitrogen and oxygen atoms in total. The maximum Gasteiger partial charge on any atom is 0.246 e. The van der Waals surface area contributed by atoms with E-state index in [-0.39, 0.29) is 17.9 Å². The third-order valence-corrected chi connectivity index (χ3v) is 2.28. The van der Waals surface area contributed by atoms with Crippen molar-refractivity contribution in [3.8, 4) is 0 Å². The minimum absolute atomic E-state index is 0.0840. The molecule has 1 amide bonds. The van der Waals surface area contributed by atoms with Crippen LogP contribution in [0.1, 0.15) is 6.92 Å². The Labute approximate surface area is 90.1 Å². The molecule has 0 aromatic carbocycles. The summed E-state index contributed by atoms with van der Waals surface area (Å²) in [7, 11) is 1.60. The number of rotatable bonds is 7. The molecule has 0 radical (unpaired) electrons. The molecule has 5 heteroatoms. The van der Waals surface area contributed by atoms with Crippen LogP contribution in [0.4, 0.5) is 0 Å². The molecule has 1 aliphatic heterocycles. The van der Waals surface area contributed by atoms with Crippen molar-refractivity contribution in [3.05, 3.63) is 0 Å². The van der Waals surface area contributed by atoms with E-state index in [2.05, 4.69) is 12.2 Å². The zero-order chi connectivity index (χ0) is 11.1. The highest BCUT2D eigenvalue weighted by Crippen LogP contribution is 2.24. The van der Waals surface area contributed by atoms with Crippen LogP contribution < -0.4 is 5.32 Å². The van der Waals surface area contributed by atoms with Gasteiger partial charge in [-0.05, 0) is 0 Å². The fourth-order valence-electron chi connectivity index (χ4n) is 1.22. The van der Waals surface area contributed by atoms with Gasteiger partial charge in [0.2, 0.25) is 5.91 Å². The second kappa shape index (κ2) is 6.05. The van der Waals surface area contributed by atoms with Gasteiger partial charge in [-0.15, -0.1) is 0 Å². The Morgan fingerprint density at radius 2 is 2.20 bits per heavy atom. The topological polar surface area (TPSA) is 56.8 Å². The summed E-state index contributed by atoms with van der Waals surface area (Å²) in [5.74, 6) is -0.0840. The van der Waals surface area contributed by atoms with Crippen LogP contribution in [0.15, 0.2) is 0 Å². The highest BCUT2D eigenvalue weighted by Gasteiger charge is 2.33. The van der Waals surface area contributed by atoms with E-state index in [0.717, 1.165) is 13.2 Å². The van der Waals surface area contributed by atoms with Crippen molar-refractivity contribution < 1.29 is 19.0 Å². The molecule has 0 atom stereocenters. The van der Waals surface area contributed by atoms with Crippen LogP contribution in [0, 0.1) is 5.41 Å².